The molecule has 0 atom stereocenters. The standard InChI is InChI=1S/C11H14BrNO2/c1-3-7-13(2)9-6-4-5-8(12)10(9)11(14)15/h4-6H,3,7H2,1-2H3,(H,14,15). The lowest BCUT2D eigenvalue weighted by Gasteiger charge is -2.20. The van der Waals surface area contributed by atoms with Crippen LogP contribution in [0, 0.1) is 0 Å². The first-order valence-corrected chi connectivity index (χ1v) is 5.60. The van der Waals surface area contributed by atoms with Gasteiger partial charge in [0.1, 0.15) is 0 Å². The molecule has 1 aromatic rings. The summed E-state index contributed by atoms with van der Waals surface area (Å²) in [5.74, 6) is -0.902. The van der Waals surface area contributed by atoms with Gasteiger partial charge in [-0.3, -0.25) is 0 Å². The van der Waals surface area contributed by atoms with Crippen LogP contribution in [-0.2, 0) is 0 Å². The molecule has 0 saturated carbocycles. The Morgan fingerprint density at radius 1 is 1.53 bits per heavy atom. The summed E-state index contributed by atoms with van der Waals surface area (Å²) in [6, 6.07) is 5.41. The second-order valence-corrected chi connectivity index (χ2v) is 4.22. The highest BCUT2D eigenvalue weighted by Crippen LogP contribution is 2.27. The van der Waals surface area contributed by atoms with Crippen molar-refractivity contribution in [3.05, 3.63) is 28.2 Å². The number of carbonyl (C=O) groups is 1. The number of benzene rings is 1. The van der Waals surface area contributed by atoms with Crippen LogP contribution in [0.1, 0.15) is 23.7 Å². The van der Waals surface area contributed by atoms with Crippen molar-refractivity contribution in [2.24, 2.45) is 0 Å². The number of aromatic carboxylic acids is 1. The molecule has 0 saturated heterocycles. The van der Waals surface area contributed by atoms with Crippen LogP contribution in [0.5, 0.6) is 0 Å². The number of nitrogens with zero attached hydrogens (tertiary/aromatic N) is 1. The average molecular weight is 272 g/mol. The summed E-state index contributed by atoms with van der Waals surface area (Å²) in [6.45, 7) is 2.91. The van der Waals surface area contributed by atoms with Crippen molar-refractivity contribution in [2.75, 3.05) is 18.5 Å². The molecule has 0 fully saturated rings. The molecule has 0 aliphatic rings. The topological polar surface area (TPSA) is 40.5 Å². The lowest BCUT2D eigenvalue weighted by Crippen LogP contribution is -2.20. The van der Waals surface area contributed by atoms with Gasteiger partial charge in [0.05, 0.1) is 11.3 Å². The van der Waals surface area contributed by atoms with E-state index in [0.29, 0.717) is 10.0 Å². The van der Waals surface area contributed by atoms with Crippen LogP contribution in [-0.4, -0.2) is 24.7 Å². The Bertz CT molecular complexity index is 366. The van der Waals surface area contributed by atoms with Crippen molar-refractivity contribution in [1.82, 2.24) is 0 Å². The number of rotatable bonds is 4. The fourth-order valence-corrected chi connectivity index (χ4v) is 2.02. The van der Waals surface area contributed by atoms with Gasteiger partial charge in [-0.25, -0.2) is 4.79 Å². The quantitative estimate of drug-likeness (QED) is 0.916. The molecular weight excluding hydrogens is 258 g/mol. The molecule has 3 nitrogen and oxygen atoms in total. The number of carboxylic acids is 1. The lowest BCUT2D eigenvalue weighted by atomic mass is 10.1. The molecule has 0 spiro atoms. The van der Waals surface area contributed by atoms with E-state index in [1.165, 1.54) is 0 Å². The summed E-state index contributed by atoms with van der Waals surface area (Å²) in [6.07, 6.45) is 0.988. The largest absolute Gasteiger partial charge is 0.478 e. The van der Waals surface area contributed by atoms with Gasteiger partial charge in [-0.1, -0.05) is 13.0 Å². The third-order valence-electron chi connectivity index (χ3n) is 2.18. The van der Waals surface area contributed by atoms with Gasteiger partial charge in [0.25, 0.3) is 0 Å². The lowest BCUT2D eigenvalue weighted by molar-refractivity contribution is 0.0696. The molecule has 0 unspecified atom stereocenters. The van der Waals surface area contributed by atoms with E-state index < -0.39 is 5.97 Å². The molecule has 4 heteroatoms. The first-order valence-electron chi connectivity index (χ1n) is 4.80. The Balaban J connectivity index is 3.16. The van der Waals surface area contributed by atoms with E-state index in [0.717, 1.165) is 18.7 Å². The highest BCUT2D eigenvalue weighted by molar-refractivity contribution is 9.10. The van der Waals surface area contributed by atoms with Gasteiger partial charge in [-0.2, -0.15) is 0 Å². The van der Waals surface area contributed by atoms with Gasteiger partial charge in [0, 0.05) is 18.1 Å². The minimum atomic E-state index is -0.902. The van der Waals surface area contributed by atoms with Gasteiger partial charge < -0.3 is 10.0 Å². The summed E-state index contributed by atoms with van der Waals surface area (Å²) in [4.78, 5) is 13.0. The molecule has 15 heavy (non-hydrogen) atoms. The molecule has 1 rings (SSSR count). The zero-order valence-corrected chi connectivity index (χ0v) is 10.4. The van der Waals surface area contributed by atoms with Crippen molar-refractivity contribution in [2.45, 2.75) is 13.3 Å². The minimum Gasteiger partial charge on any atom is -0.478 e. The van der Waals surface area contributed by atoms with Crippen molar-refractivity contribution >= 4 is 27.6 Å². The number of anilines is 1. The zero-order chi connectivity index (χ0) is 11.4. The SMILES string of the molecule is CCCN(C)c1cccc(Br)c1C(=O)O. The maximum atomic E-state index is 11.1. The van der Waals surface area contributed by atoms with Gasteiger partial charge in [-0.15, -0.1) is 0 Å². The molecule has 0 bridgehead atoms. The highest BCUT2D eigenvalue weighted by atomic mass is 79.9. The Kier molecular flexibility index (Phi) is 4.15. The van der Waals surface area contributed by atoms with Crippen LogP contribution in [0.15, 0.2) is 22.7 Å². The minimum absolute atomic E-state index is 0.327. The normalized spacial score (nSPS) is 10.1. The van der Waals surface area contributed by atoms with Gasteiger partial charge >= 0.3 is 5.97 Å². The van der Waals surface area contributed by atoms with Gasteiger partial charge in [-0.05, 0) is 34.5 Å². The van der Waals surface area contributed by atoms with E-state index in [4.69, 9.17) is 5.11 Å². The van der Waals surface area contributed by atoms with E-state index in [-0.39, 0.29) is 0 Å². The summed E-state index contributed by atoms with van der Waals surface area (Å²) in [5, 5.41) is 9.11. The van der Waals surface area contributed by atoms with E-state index in [9.17, 15) is 4.79 Å². The molecular formula is C11H14BrNO2. The molecule has 0 aliphatic heterocycles. The Morgan fingerprint density at radius 3 is 2.73 bits per heavy atom. The fourth-order valence-electron chi connectivity index (χ4n) is 1.50. The van der Waals surface area contributed by atoms with Crippen LogP contribution < -0.4 is 4.90 Å². The van der Waals surface area contributed by atoms with Gasteiger partial charge in [0.15, 0.2) is 0 Å². The summed E-state index contributed by atoms with van der Waals surface area (Å²) >= 11 is 3.26. The number of hydrogen-bond acceptors (Lipinski definition) is 2. The van der Waals surface area contributed by atoms with E-state index in [2.05, 4.69) is 22.9 Å². The van der Waals surface area contributed by atoms with Crippen LogP contribution >= 0.6 is 15.9 Å². The Labute approximate surface area is 97.8 Å². The maximum Gasteiger partial charge on any atom is 0.338 e. The number of halogens is 1. The van der Waals surface area contributed by atoms with E-state index >= 15 is 0 Å². The Morgan fingerprint density at radius 2 is 2.20 bits per heavy atom. The predicted molar refractivity (Wildman–Crippen MR) is 64.7 cm³/mol. The first-order chi connectivity index (χ1) is 7.07. The average Bonchev–Trinajstić information content (AvgIpc) is 2.17. The Hall–Kier alpha value is -1.03. The third-order valence-corrected chi connectivity index (χ3v) is 2.84. The molecule has 0 aliphatic carbocycles. The summed E-state index contributed by atoms with van der Waals surface area (Å²) in [7, 11) is 1.90. The summed E-state index contributed by atoms with van der Waals surface area (Å²) in [5.41, 5.74) is 1.08. The van der Waals surface area contributed by atoms with Crippen molar-refractivity contribution in [3.63, 3.8) is 0 Å². The van der Waals surface area contributed by atoms with Crippen LogP contribution in [0.2, 0.25) is 0 Å². The monoisotopic (exact) mass is 271 g/mol. The second kappa shape index (κ2) is 5.16. The molecule has 0 heterocycles. The van der Waals surface area contributed by atoms with Gasteiger partial charge in [0.2, 0.25) is 0 Å². The molecule has 1 N–H and O–H groups in total. The smallest absolute Gasteiger partial charge is 0.338 e. The maximum absolute atomic E-state index is 11.1. The highest BCUT2D eigenvalue weighted by Gasteiger charge is 2.15. The van der Waals surface area contributed by atoms with E-state index in [1.807, 2.05) is 24.1 Å². The first kappa shape index (κ1) is 12.0. The second-order valence-electron chi connectivity index (χ2n) is 3.36. The van der Waals surface area contributed by atoms with Crippen molar-refractivity contribution < 1.29 is 9.90 Å². The molecule has 1 aromatic carbocycles. The van der Waals surface area contributed by atoms with E-state index in [1.54, 1.807) is 6.07 Å². The van der Waals surface area contributed by atoms with Crippen molar-refractivity contribution in [1.29, 1.82) is 0 Å². The number of carboxylic acid groups (broad SMARTS) is 1. The zero-order valence-electron chi connectivity index (χ0n) is 8.83. The van der Waals surface area contributed by atoms with Crippen LogP contribution in [0.25, 0.3) is 0 Å². The molecule has 0 amide bonds. The van der Waals surface area contributed by atoms with Crippen LogP contribution in [0.4, 0.5) is 5.69 Å². The third kappa shape index (κ3) is 2.72. The number of hydrogen-bond donors (Lipinski definition) is 1. The molecule has 0 radical (unpaired) electrons. The molecule has 0 aromatic heterocycles. The molecule has 82 valence electrons. The predicted octanol–water partition coefficient (Wildman–Crippen LogP) is 2.99. The van der Waals surface area contributed by atoms with Crippen molar-refractivity contribution in [3.8, 4) is 0 Å². The summed E-state index contributed by atoms with van der Waals surface area (Å²) < 4.78 is 0.621. The fraction of sp³-hybridized carbons (Fsp3) is 0.364. The van der Waals surface area contributed by atoms with Crippen LogP contribution in [0.3, 0.4) is 0 Å².